The Kier molecular flexibility index (Phi) is 4.30. The number of thiophene rings is 1. The average Bonchev–Trinajstić information content (AvgIpc) is 3.31. The van der Waals surface area contributed by atoms with Gasteiger partial charge in [0.15, 0.2) is 0 Å². The molecule has 0 unspecified atom stereocenters. The van der Waals surface area contributed by atoms with Gasteiger partial charge in [-0.2, -0.15) is 20.1 Å². The van der Waals surface area contributed by atoms with E-state index in [0.29, 0.717) is 11.0 Å². The van der Waals surface area contributed by atoms with Crippen LogP contribution in [-0.2, 0) is 16.6 Å². The Balaban J connectivity index is 1.65. The second-order valence-electron chi connectivity index (χ2n) is 5.24. The van der Waals surface area contributed by atoms with Gasteiger partial charge in [0.25, 0.3) is 0 Å². The third kappa shape index (κ3) is 3.19. The molecule has 0 spiro atoms. The van der Waals surface area contributed by atoms with E-state index in [1.54, 1.807) is 35.7 Å². The summed E-state index contributed by atoms with van der Waals surface area (Å²) < 4.78 is 36.3. The van der Waals surface area contributed by atoms with E-state index in [4.69, 9.17) is 0 Å². The van der Waals surface area contributed by atoms with Crippen LogP contribution >= 0.6 is 23.1 Å². The number of sulfonamides is 1. The maximum absolute atomic E-state index is 12.7. The lowest BCUT2D eigenvalue weighted by molar-refractivity contribution is 0.582. The predicted octanol–water partition coefficient (Wildman–Crippen LogP) is 3.29. The summed E-state index contributed by atoms with van der Waals surface area (Å²) in [4.78, 5) is 4.53. The van der Waals surface area contributed by atoms with Gasteiger partial charge < -0.3 is 0 Å². The minimum atomic E-state index is -3.71. The molecule has 0 radical (unpaired) electrons. The lowest BCUT2D eigenvalue weighted by Crippen LogP contribution is -2.24. The summed E-state index contributed by atoms with van der Waals surface area (Å²) in [5.74, 6) is 0. The topological polar surface area (TPSA) is 84.8 Å². The van der Waals surface area contributed by atoms with Gasteiger partial charge in [-0.3, -0.25) is 4.98 Å². The highest BCUT2D eigenvalue weighted by Gasteiger charge is 2.20. The van der Waals surface area contributed by atoms with Crippen molar-refractivity contribution < 1.29 is 8.42 Å². The molecular formula is C16H12N4O2S3. The number of benzene rings is 1. The standard InChI is InChI=1S/C16H12N4O2S3/c21-25(22,14-5-1-4-13-16(14)20-24-19-13)18-9-11-3-2-7-17-15(11)12-6-8-23-10-12/h1-8,10,18H,9H2. The molecule has 3 heterocycles. The van der Waals surface area contributed by atoms with Crippen LogP contribution in [-0.4, -0.2) is 22.1 Å². The highest BCUT2D eigenvalue weighted by Crippen LogP contribution is 2.25. The molecule has 1 aromatic carbocycles. The van der Waals surface area contributed by atoms with E-state index in [0.717, 1.165) is 28.5 Å². The van der Waals surface area contributed by atoms with E-state index in [1.165, 1.54) is 6.07 Å². The number of nitrogens with one attached hydrogen (secondary N) is 1. The maximum atomic E-state index is 12.7. The van der Waals surface area contributed by atoms with Gasteiger partial charge in [-0.15, -0.1) is 0 Å². The largest absolute Gasteiger partial charge is 0.256 e. The number of fused-ring (bicyclic) bond motifs is 1. The van der Waals surface area contributed by atoms with Crippen LogP contribution in [0.5, 0.6) is 0 Å². The molecule has 4 rings (SSSR count). The molecule has 0 saturated carbocycles. The van der Waals surface area contributed by atoms with Crippen molar-refractivity contribution in [3.8, 4) is 11.3 Å². The first-order valence-electron chi connectivity index (χ1n) is 7.32. The molecule has 0 fully saturated rings. The van der Waals surface area contributed by atoms with Crippen molar-refractivity contribution in [3.05, 3.63) is 58.9 Å². The van der Waals surface area contributed by atoms with Crippen LogP contribution in [0.3, 0.4) is 0 Å². The number of hydrogen-bond donors (Lipinski definition) is 1. The van der Waals surface area contributed by atoms with E-state index in [2.05, 4.69) is 18.5 Å². The Labute approximate surface area is 152 Å². The first-order chi connectivity index (χ1) is 12.1. The van der Waals surface area contributed by atoms with Gasteiger partial charge in [0, 0.05) is 23.7 Å². The van der Waals surface area contributed by atoms with Crippen molar-refractivity contribution in [1.82, 2.24) is 18.5 Å². The molecular weight excluding hydrogens is 376 g/mol. The molecule has 0 saturated heterocycles. The maximum Gasteiger partial charge on any atom is 0.243 e. The molecule has 1 N–H and O–H groups in total. The zero-order valence-electron chi connectivity index (χ0n) is 12.8. The van der Waals surface area contributed by atoms with E-state index < -0.39 is 10.0 Å². The minimum Gasteiger partial charge on any atom is -0.256 e. The molecule has 6 nitrogen and oxygen atoms in total. The van der Waals surface area contributed by atoms with E-state index in [-0.39, 0.29) is 11.4 Å². The van der Waals surface area contributed by atoms with Crippen molar-refractivity contribution in [2.24, 2.45) is 0 Å². The molecule has 4 aromatic rings. The fourth-order valence-electron chi connectivity index (χ4n) is 2.49. The molecule has 126 valence electrons. The van der Waals surface area contributed by atoms with Crippen LogP contribution < -0.4 is 4.72 Å². The summed E-state index contributed by atoms with van der Waals surface area (Å²) >= 11 is 2.57. The van der Waals surface area contributed by atoms with Gasteiger partial charge >= 0.3 is 0 Å². The predicted molar refractivity (Wildman–Crippen MR) is 99.0 cm³/mol. The van der Waals surface area contributed by atoms with Crippen LogP contribution in [0.25, 0.3) is 22.3 Å². The lowest BCUT2D eigenvalue weighted by Gasteiger charge is -2.10. The van der Waals surface area contributed by atoms with Crippen molar-refractivity contribution in [2.45, 2.75) is 11.4 Å². The Morgan fingerprint density at radius 2 is 2.00 bits per heavy atom. The van der Waals surface area contributed by atoms with Crippen LogP contribution in [0.4, 0.5) is 0 Å². The number of pyridine rings is 1. The number of hydrogen-bond acceptors (Lipinski definition) is 7. The van der Waals surface area contributed by atoms with E-state index in [1.807, 2.05) is 22.9 Å². The molecule has 0 aliphatic heterocycles. The molecule has 3 aromatic heterocycles. The van der Waals surface area contributed by atoms with Crippen LogP contribution in [0.15, 0.2) is 58.3 Å². The summed E-state index contributed by atoms with van der Waals surface area (Å²) in [6.45, 7) is 0.148. The highest BCUT2D eigenvalue weighted by molar-refractivity contribution is 7.89. The van der Waals surface area contributed by atoms with Gasteiger partial charge in [0.1, 0.15) is 15.9 Å². The third-order valence-electron chi connectivity index (χ3n) is 3.68. The van der Waals surface area contributed by atoms with Crippen molar-refractivity contribution in [2.75, 3.05) is 0 Å². The number of aromatic nitrogens is 3. The first kappa shape index (κ1) is 16.3. The zero-order valence-corrected chi connectivity index (χ0v) is 15.2. The number of rotatable bonds is 5. The minimum absolute atomic E-state index is 0.139. The molecule has 0 bridgehead atoms. The second kappa shape index (κ2) is 6.60. The summed E-state index contributed by atoms with van der Waals surface area (Å²) in [7, 11) is -3.71. The Hall–Kier alpha value is -2.20. The van der Waals surface area contributed by atoms with E-state index >= 15 is 0 Å². The van der Waals surface area contributed by atoms with Gasteiger partial charge in [0.2, 0.25) is 10.0 Å². The fraction of sp³-hybridized carbons (Fsp3) is 0.0625. The monoisotopic (exact) mass is 388 g/mol. The van der Waals surface area contributed by atoms with Crippen molar-refractivity contribution in [3.63, 3.8) is 0 Å². The van der Waals surface area contributed by atoms with Crippen LogP contribution in [0.2, 0.25) is 0 Å². The zero-order chi connectivity index (χ0) is 17.3. The molecule has 25 heavy (non-hydrogen) atoms. The molecule has 0 aliphatic carbocycles. The lowest BCUT2D eigenvalue weighted by atomic mass is 10.1. The summed E-state index contributed by atoms with van der Waals surface area (Å²) in [6, 6.07) is 10.6. The second-order valence-corrected chi connectivity index (χ2v) is 8.28. The Morgan fingerprint density at radius 3 is 2.84 bits per heavy atom. The van der Waals surface area contributed by atoms with Crippen LogP contribution in [0, 0.1) is 0 Å². The first-order valence-corrected chi connectivity index (χ1v) is 10.5. The Morgan fingerprint density at radius 1 is 1.08 bits per heavy atom. The summed E-state index contributed by atoms with van der Waals surface area (Å²) in [6.07, 6.45) is 1.70. The van der Waals surface area contributed by atoms with Crippen molar-refractivity contribution in [1.29, 1.82) is 0 Å². The average molecular weight is 388 g/mol. The summed E-state index contributed by atoms with van der Waals surface area (Å²) in [5.41, 5.74) is 3.54. The molecule has 0 aliphatic rings. The Bertz CT molecular complexity index is 1120. The van der Waals surface area contributed by atoms with Gasteiger partial charge in [-0.1, -0.05) is 12.1 Å². The molecule has 0 atom stereocenters. The third-order valence-corrected chi connectivity index (χ3v) is 6.34. The van der Waals surface area contributed by atoms with E-state index in [9.17, 15) is 8.42 Å². The SMILES string of the molecule is O=S(=O)(NCc1cccnc1-c1ccsc1)c1cccc2nsnc12. The summed E-state index contributed by atoms with van der Waals surface area (Å²) in [5, 5.41) is 3.95. The normalized spacial score (nSPS) is 11.8. The highest BCUT2D eigenvalue weighted by atomic mass is 32.2. The quantitative estimate of drug-likeness (QED) is 0.567. The fourth-order valence-corrected chi connectivity index (χ4v) is 4.90. The van der Waals surface area contributed by atoms with Gasteiger partial charge in [-0.05, 0) is 35.2 Å². The van der Waals surface area contributed by atoms with Gasteiger partial charge in [0.05, 0.1) is 17.4 Å². The smallest absolute Gasteiger partial charge is 0.243 e. The van der Waals surface area contributed by atoms with Crippen LogP contribution in [0.1, 0.15) is 5.56 Å². The molecule has 0 amide bonds. The van der Waals surface area contributed by atoms with Gasteiger partial charge in [-0.25, -0.2) is 13.1 Å². The number of nitrogens with zero attached hydrogens (tertiary/aromatic N) is 3. The van der Waals surface area contributed by atoms with Crippen molar-refractivity contribution >= 4 is 44.1 Å². The molecule has 9 heteroatoms.